The number of hydrogen-bond donors (Lipinski definition) is 0. The maximum absolute atomic E-state index is 13.2. The molecule has 0 radical (unpaired) electrons. The number of amides is 1. The van der Waals surface area contributed by atoms with Gasteiger partial charge in [-0.25, -0.2) is 0 Å². The average Bonchev–Trinajstić information content (AvgIpc) is 2.73. The van der Waals surface area contributed by atoms with Crippen molar-refractivity contribution in [2.45, 2.75) is 13.8 Å². The van der Waals surface area contributed by atoms with E-state index < -0.39 is 0 Å². The average molecular weight is 375 g/mol. The van der Waals surface area contributed by atoms with Crippen molar-refractivity contribution in [2.75, 3.05) is 37.7 Å². The minimum atomic E-state index is 0.0828. The summed E-state index contributed by atoms with van der Waals surface area (Å²) in [7, 11) is 0. The van der Waals surface area contributed by atoms with E-state index in [4.69, 9.17) is 4.74 Å². The Morgan fingerprint density at radius 3 is 2.54 bits per heavy atom. The van der Waals surface area contributed by atoms with Crippen LogP contribution in [0.4, 0.5) is 5.69 Å². The lowest BCUT2D eigenvalue weighted by Crippen LogP contribution is -2.49. The summed E-state index contributed by atoms with van der Waals surface area (Å²) in [5.41, 5.74) is 3.58. The third kappa shape index (κ3) is 3.52. The minimum Gasteiger partial charge on any atom is -0.492 e. The van der Waals surface area contributed by atoms with Crippen molar-refractivity contribution < 1.29 is 9.53 Å². The van der Waals surface area contributed by atoms with Crippen LogP contribution in [0.5, 0.6) is 5.75 Å². The van der Waals surface area contributed by atoms with E-state index in [1.165, 1.54) is 0 Å². The molecule has 0 atom stereocenters. The number of ether oxygens (including phenoxy) is 1. The Balaban J connectivity index is 1.53. The lowest BCUT2D eigenvalue weighted by molar-refractivity contribution is 0.0748. The molecule has 3 aromatic rings. The number of nitrogens with zero attached hydrogens (tertiary/aromatic N) is 3. The van der Waals surface area contributed by atoms with Crippen LogP contribution < -0.4 is 9.64 Å². The van der Waals surface area contributed by atoms with Crippen LogP contribution in [-0.4, -0.2) is 48.6 Å². The van der Waals surface area contributed by atoms with Crippen LogP contribution in [-0.2, 0) is 0 Å². The Morgan fingerprint density at radius 2 is 1.75 bits per heavy atom. The van der Waals surface area contributed by atoms with E-state index in [9.17, 15) is 4.79 Å². The summed E-state index contributed by atoms with van der Waals surface area (Å²) < 4.78 is 5.77. The van der Waals surface area contributed by atoms with E-state index in [2.05, 4.69) is 16.0 Å². The van der Waals surface area contributed by atoms with E-state index in [-0.39, 0.29) is 5.91 Å². The number of anilines is 1. The van der Waals surface area contributed by atoms with Gasteiger partial charge in [0.15, 0.2) is 0 Å². The monoisotopic (exact) mass is 375 g/mol. The van der Waals surface area contributed by atoms with Crippen molar-refractivity contribution in [1.82, 2.24) is 9.88 Å². The fraction of sp³-hybridized carbons (Fsp3) is 0.304. The third-order valence-corrected chi connectivity index (χ3v) is 5.15. The molecule has 0 bridgehead atoms. The standard InChI is InChI=1S/C23H25N3O2/c1-3-28-22-11-7-6-10-21(22)25-12-14-26(15-13-25)23(27)19-16-17(2)24-20-9-5-4-8-18(19)20/h4-11,16H,3,12-15H2,1-2H3. The predicted octanol–water partition coefficient (Wildman–Crippen LogP) is 3.90. The number of aryl methyl sites for hydroxylation is 1. The molecule has 1 fully saturated rings. The lowest BCUT2D eigenvalue weighted by Gasteiger charge is -2.37. The zero-order valence-corrected chi connectivity index (χ0v) is 16.4. The SMILES string of the molecule is CCOc1ccccc1N1CCN(C(=O)c2cc(C)nc3ccccc23)CC1. The van der Waals surface area contributed by atoms with E-state index in [1.54, 1.807) is 0 Å². The zero-order chi connectivity index (χ0) is 19.5. The van der Waals surface area contributed by atoms with E-state index >= 15 is 0 Å². The molecule has 1 aromatic heterocycles. The van der Waals surface area contributed by atoms with Crippen LogP contribution in [0.15, 0.2) is 54.6 Å². The van der Waals surface area contributed by atoms with Crippen LogP contribution in [0, 0.1) is 6.92 Å². The highest BCUT2D eigenvalue weighted by atomic mass is 16.5. The first-order chi connectivity index (χ1) is 13.7. The van der Waals surface area contributed by atoms with Crippen molar-refractivity contribution in [3.63, 3.8) is 0 Å². The van der Waals surface area contributed by atoms with Crippen molar-refractivity contribution in [3.8, 4) is 5.75 Å². The second-order valence-corrected chi connectivity index (χ2v) is 7.01. The van der Waals surface area contributed by atoms with Gasteiger partial charge in [0.05, 0.1) is 23.4 Å². The van der Waals surface area contributed by atoms with Crippen molar-refractivity contribution >= 4 is 22.5 Å². The molecule has 144 valence electrons. The van der Waals surface area contributed by atoms with E-state index in [0.717, 1.165) is 46.7 Å². The molecule has 1 saturated heterocycles. The quantitative estimate of drug-likeness (QED) is 0.694. The molecule has 4 rings (SSSR count). The molecule has 5 heteroatoms. The smallest absolute Gasteiger partial charge is 0.254 e. The molecule has 5 nitrogen and oxygen atoms in total. The lowest BCUT2D eigenvalue weighted by atomic mass is 10.1. The Hall–Kier alpha value is -3.08. The Labute approximate surface area is 165 Å². The Kier molecular flexibility index (Phi) is 5.15. The summed E-state index contributed by atoms with van der Waals surface area (Å²) in [4.78, 5) is 22.0. The molecule has 28 heavy (non-hydrogen) atoms. The van der Waals surface area contributed by atoms with Gasteiger partial charge in [0.1, 0.15) is 5.75 Å². The van der Waals surface area contributed by atoms with Gasteiger partial charge in [-0.1, -0.05) is 30.3 Å². The molecular weight excluding hydrogens is 350 g/mol. The molecule has 0 unspecified atom stereocenters. The largest absolute Gasteiger partial charge is 0.492 e. The van der Waals surface area contributed by atoms with Crippen molar-refractivity contribution in [3.05, 3.63) is 65.9 Å². The molecular formula is C23H25N3O2. The van der Waals surface area contributed by atoms with Crippen molar-refractivity contribution in [1.29, 1.82) is 0 Å². The number of carbonyl (C=O) groups excluding carboxylic acids is 1. The molecule has 1 aliphatic rings. The van der Waals surface area contributed by atoms with E-state index in [0.29, 0.717) is 19.7 Å². The minimum absolute atomic E-state index is 0.0828. The molecule has 0 spiro atoms. The van der Waals surface area contributed by atoms with Gasteiger partial charge >= 0.3 is 0 Å². The normalized spacial score (nSPS) is 14.4. The van der Waals surface area contributed by atoms with Gasteiger partial charge in [0.2, 0.25) is 0 Å². The molecule has 1 amide bonds. The van der Waals surface area contributed by atoms with Crippen LogP contribution in [0.1, 0.15) is 23.0 Å². The van der Waals surface area contributed by atoms with Gasteiger partial charge < -0.3 is 14.5 Å². The second kappa shape index (κ2) is 7.89. The summed E-state index contributed by atoms with van der Waals surface area (Å²) in [5, 5.41) is 0.919. The number of carbonyl (C=O) groups is 1. The molecule has 0 saturated carbocycles. The number of fused-ring (bicyclic) bond motifs is 1. The first-order valence-electron chi connectivity index (χ1n) is 9.80. The number of para-hydroxylation sites is 3. The summed E-state index contributed by atoms with van der Waals surface area (Å²) in [6, 6.07) is 17.9. The van der Waals surface area contributed by atoms with Gasteiger partial charge in [-0.15, -0.1) is 0 Å². The molecule has 0 aliphatic carbocycles. The highest BCUT2D eigenvalue weighted by Crippen LogP contribution is 2.29. The highest BCUT2D eigenvalue weighted by Gasteiger charge is 2.25. The molecule has 2 aromatic carbocycles. The van der Waals surface area contributed by atoms with Crippen LogP contribution in [0.25, 0.3) is 10.9 Å². The first-order valence-corrected chi connectivity index (χ1v) is 9.80. The van der Waals surface area contributed by atoms with Gasteiger partial charge in [-0.3, -0.25) is 9.78 Å². The van der Waals surface area contributed by atoms with Gasteiger partial charge in [-0.05, 0) is 38.1 Å². The van der Waals surface area contributed by atoms with Gasteiger partial charge in [0, 0.05) is 37.3 Å². The summed E-state index contributed by atoms with van der Waals surface area (Å²) in [5.74, 6) is 0.986. The van der Waals surface area contributed by atoms with Crippen LogP contribution in [0.2, 0.25) is 0 Å². The molecule has 2 heterocycles. The summed E-state index contributed by atoms with van der Waals surface area (Å²) in [6.45, 7) is 7.53. The zero-order valence-electron chi connectivity index (χ0n) is 16.4. The summed E-state index contributed by atoms with van der Waals surface area (Å²) in [6.07, 6.45) is 0. The predicted molar refractivity (Wildman–Crippen MR) is 112 cm³/mol. The Bertz CT molecular complexity index is 994. The first kappa shape index (κ1) is 18.3. The van der Waals surface area contributed by atoms with Gasteiger partial charge in [-0.2, -0.15) is 0 Å². The number of piperazine rings is 1. The second-order valence-electron chi connectivity index (χ2n) is 7.01. The third-order valence-electron chi connectivity index (χ3n) is 5.15. The van der Waals surface area contributed by atoms with Crippen LogP contribution in [0.3, 0.4) is 0 Å². The molecule has 0 N–H and O–H groups in total. The number of aromatic nitrogens is 1. The number of hydrogen-bond acceptors (Lipinski definition) is 4. The fourth-order valence-electron chi connectivity index (χ4n) is 3.80. The highest BCUT2D eigenvalue weighted by molar-refractivity contribution is 6.06. The molecule has 1 aliphatic heterocycles. The topological polar surface area (TPSA) is 45.7 Å². The van der Waals surface area contributed by atoms with Gasteiger partial charge in [0.25, 0.3) is 5.91 Å². The number of benzene rings is 2. The summed E-state index contributed by atoms with van der Waals surface area (Å²) >= 11 is 0. The fourth-order valence-corrected chi connectivity index (χ4v) is 3.80. The number of pyridine rings is 1. The van der Waals surface area contributed by atoms with Crippen molar-refractivity contribution in [2.24, 2.45) is 0 Å². The van der Waals surface area contributed by atoms with E-state index in [1.807, 2.05) is 67.3 Å². The Morgan fingerprint density at radius 1 is 1.04 bits per heavy atom. The van der Waals surface area contributed by atoms with Crippen LogP contribution >= 0.6 is 0 Å². The maximum Gasteiger partial charge on any atom is 0.254 e. The number of rotatable bonds is 4. The maximum atomic E-state index is 13.2.